The lowest BCUT2D eigenvalue weighted by molar-refractivity contribution is -0.169. The van der Waals surface area contributed by atoms with Gasteiger partial charge in [-0.05, 0) is 25.7 Å². The molecule has 0 aromatic rings. The van der Waals surface area contributed by atoms with E-state index in [1.807, 2.05) is 0 Å². The van der Waals surface area contributed by atoms with E-state index < -0.39 is 23.5 Å². The van der Waals surface area contributed by atoms with E-state index in [9.17, 15) is 19.2 Å². The molecule has 0 unspecified atom stereocenters. The molecule has 2 aliphatic carbocycles. The zero-order chi connectivity index (χ0) is 16.7. The Morgan fingerprint density at radius 2 is 0.826 bits per heavy atom. The van der Waals surface area contributed by atoms with E-state index in [-0.39, 0.29) is 11.8 Å². The van der Waals surface area contributed by atoms with E-state index in [1.165, 1.54) is 0 Å². The smallest absolute Gasteiger partial charge is 0.381 e. The Hall–Kier alpha value is -1.52. The van der Waals surface area contributed by atoms with Crippen LogP contribution in [0.15, 0.2) is 0 Å². The summed E-state index contributed by atoms with van der Waals surface area (Å²) in [6, 6.07) is 0. The minimum atomic E-state index is -1.15. The first-order valence-electron chi connectivity index (χ1n) is 8.94. The van der Waals surface area contributed by atoms with Crippen molar-refractivity contribution in [2.45, 2.75) is 77.0 Å². The maximum Gasteiger partial charge on any atom is 0.382 e. The fourth-order valence-corrected chi connectivity index (χ4v) is 3.60. The van der Waals surface area contributed by atoms with Crippen LogP contribution in [-0.2, 0) is 23.9 Å². The van der Waals surface area contributed by atoms with Crippen molar-refractivity contribution in [1.29, 1.82) is 0 Å². The SMILES string of the molecule is O=C(OC(=O)C(=O)C1CCCCCC1)C(=O)C1CCCCCC1. The molecule has 0 bridgehead atoms. The zero-order valence-corrected chi connectivity index (χ0v) is 13.7. The minimum Gasteiger partial charge on any atom is -0.381 e. The fourth-order valence-electron chi connectivity index (χ4n) is 3.60. The Morgan fingerprint density at radius 3 is 1.13 bits per heavy atom. The molecule has 5 nitrogen and oxygen atoms in total. The molecule has 23 heavy (non-hydrogen) atoms. The van der Waals surface area contributed by atoms with Gasteiger partial charge in [0.1, 0.15) is 0 Å². The number of hydrogen-bond acceptors (Lipinski definition) is 5. The van der Waals surface area contributed by atoms with Crippen LogP contribution in [0.3, 0.4) is 0 Å². The van der Waals surface area contributed by atoms with E-state index in [0.29, 0.717) is 25.7 Å². The van der Waals surface area contributed by atoms with Crippen LogP contribution in [0.2, 0.25) is 0 Å². The second-order valence-corrected chi connectivity index (χ2v) is 6.78. The number of rotatable bonds is 4. The maximum absolute atomic E-state index is 12.1. The molecule has 0 saturated heterocycles. The number of ketones is 2. The summed E-state index contributed by atoms with van der Waals surface area (Å²) in [6.07, 6.45) is 10.6. The first kappa shape index (κ1) is 17.8. The van der Waals surface area contributed by atoms with Crippen LogP contribution in [0.25, 0.3) is 0 Å². The summed E-state index contributed by atoms with van der Waals surface area (Å²) in [5.41, 5.74) is 0. The molecule has 5 heteroatoms. The molecule has 2 fully saturated rings. The molecular weight excluding hydrogens is 296 g/mol. The van der Waals surface area contributed by atoms with Crippen LogP contribution in [0.1, 0.15) is 77.0 Å². The summed E-state index contributed by atoms with van der Waals surface area (Å²) < 4.78 is 4.59. The first-order chi connectivity index (χ1) is 11.1. The molecule has 0 aromatic heterocycles. The topological polar surface area (TPSA) is 77.5 Å². The summed E-state index contributed by atoms with van der Waals surface area (Å²) >= 11 is 0. The van der Waals surface area contributed by atoms with Crippen molar-refractivity contribution in [3.05, 3.63) is 0 Å². The third-order valence-electron chi connectivity index (χ3n) is 5.04. The van der Waals surface area contributed by atoms with E-state index >= 15 is 0 Å². The lowest BCUT2D eigenvalue weighted by Crippen LogP contribution is -2.33. The van der Waals surface area contributed by atoms with E-state index in [4.69, 9.17) is 0 Å². The van der Waals surface area contributed by atoms with Crippen molar-refractivity contribution < 1.29 is 23.9 Å². The van der Waals surface area contributed by atoms with E-state index in [2.05, 4.69) is 4.74 Å². The number of Topliss-reactive ketones (excluding diaryl/α,β-unsaturated/α-hetero) is 2. The van der Waals surface area contributed by atoms with Gasteiger partial charge >= 0.3 is 11.9 Å². The Balaban J connectivity index is 1.86. The van der Waals surface area contributed by atoms with Crippen molar-refractivity contribution >= 4 is 23.5 Å². The highest BCUT2D eigenvalue weighted by atomic mass is 16.6. The van der Waals surface area contributed by atoms with Gasteiger partial charge in [-0.1, -0.05) is 51.4 Å². The van der Waals surface area contributed by atoms with Gasteiger partial charge in [0.05, 0.1) is 0 Å². The monoisotopic (exact) mass is 322 g/mol. The average molecular weight is 322 g/mol. The van der Waals surface area contributed by atoms with Gasteiger partial charge in [0.2, 0.25) is 11.6 Å². The van der Waals surface area contributed by atoms with Crippen LogP contribution in [0, 0.1) is 11.8 Å². The molecular formula is C18H26O5. The summed E-state index contributed by atoms with van der Waals surface area (Å²) in [5.74, 6) is -4.30. The van der Waals surface area contributed by atoms with Crippen LogP contribution in [0.4, 0.5) is 0 Å². The molecule has 0 aliphatic heterocycles. The van der Waals surface area contributed by atoms with Crippen LogP contribution >= 0.6 is 0 Å². The van der Waals surface area contributed by atoms with Crippen LogP contribution < -0.4 is 0 Å². The lowest BCUT2D eigenvalue weighted by atomic mass is 9.95. The molecule has 0 amide bonds. The predicted molar refractivity (Wildman–Crippen MR) is 83.5 cm³/mol. The number of carbonyl (C=O) groups is 4. The Bertz CT molecular complexity index is 410. The quantitative estimate of drug-likeness (QED) is 0.344. The number of hydrogen-bond donors (Lipinski definition) is 0. The highest BCUT2D eigenvalue weighted by molar-refractivity contribution is 6.42. The molecule has 2 saturated carbocycles. The Labute approximate surface area is 137 Å². The van der Waals surface area contributed by atoms with Gasteiger partial charge in [0.25, 0.3) is 0 Å². The second-order valence-electron chi connectivity index (χ2n) is 6.78. The second kappa shape index (κ2) is 8.94. The zero-order valence-electron chi connectivity index (χ0n) is 13.7. The summed E-state index contributed by atoms with van der Waals surface area (Å²) in [5, 5.41) is 0. The third kappa shape index (κ3) is 5.26. The van der Waals surface area contributed by atoms with Crippen molar-refractivity contribution in [2.75, 3.05) is 0 Å². The average Bonchev–Trinajstić information content (AvgIpc) is 2.98. The number of esters is 2. The largest absolute Gasteiger partial charge is 0.382 e. The van der Waals surface area contributed by atoms with Crippen molar-refractivity contribution in [2.24, 2.45) is 11.8 Å². The highest BCUT2D eigenvalue weighted by Gasteiger charge is 2.33. The molecule has 0 radical (unpaired) electrons. The summed E-state index contributed by atoms with van der Waals surface area (Å²) in [4.78, 5) is 48.0. The third-order valence-corrected chi connectivity index (χ3v) is 5.04. The Kier molecular flexibility index (Phi) is 6.93. The van der Waals surface area contributed by atoms with Crippen molar-refractivity contribution in [1.82, 2.24) is 0 Å². The number of ether oxygens (including phenoxy) is 1. The van der Waals surface area contributed by atoms with Crippen molar-refractivity contribution in [3.8, 4) is 0 Å². The Morgan fingerprint density at radius 1 is 0.522 bits per heavy atom. The summed E-state index contributed by atoms with van der Waals surface area (Å²) in [6.45, 7) is 0. The molecule has 0 heterocycles. The molecule has 0 spiro atoms. The van der Waals surface area contributed by atoms with Gasteiger partial charge in [-0.3, -0.25) is 9.59 Å². The molecule has 0 N–H and O–H groups in total. The normalized spacial score (nSPS) is 21.0. The number of carbonyl (C=O) groups excluding carboxylic acids is 4. The van der Waals surface area contributed by atoms with Gasteiger partial charge in [0, 0.05) is 11.8 Å². The lowest BCUT2D eigenvalue weighted by Gasteiger charge is -2.13. The predicted octanol–water partition coefficient (Wildman–Crippen LogP) is 3.14. The molecule has 128 valence electrons. The molecule has 0 aromatic carbocycles. The van der Waals surface area contributed by atoms with E-state index in [0.717, 1.165) is 51.4 Å². The van der Waals surface area contributed by atoms with Gasteiger partial charge in [-0.15, -0.1) is 0 Å². The van der Waals surface area contributed by atoms with Gasteiger partial charge in [-0.25, -0.2) is 9.59 Å². The molecule has 2 rings (SSSR count). The minimum absolute atomic E-state index is 0.356. The highest BCUT2D eigenvalue weighted by Crippen LogP contribution is 2.25. The van der Waals surface area contributed by atoms with E-state index in [1.54, 1.807) is 0 Å². The van der Waals surface area contributed by atoms with Crippen molar-refractivity contribution in [3.63, 3.8) is 0 Å². The first-order valence-corrected chi connectivity index (χ1v) is 8.94. The fraction of sp³-hybridized carbons (Fsp3) is 0.778. The van der Waals surface area contributed by atoms with Gasteiger partial charge < -0.3 is 4.74 Å². The van der Waals surface area contributed by atoms with Crippen LogP contribution in [-0.4, -0.2) is 23.5 Å². The van der Waals surface area contributed by atoms with Crippen LogP contribution in [0.5, 0.6) is 0 Å². The molecule has 0 atom stereocenters. The van der Waals surface area contributed by atoms with Gasteiger partial charge in [-0.2, -0.15) is 0 Å². The summed E-state index contributed by atoms with van der Waals surface area (Å²) in [7, 11) is 0. The van der Waals surface area contributed by atoms with Gasteiger partial charge in [0.15, 0.2) is 0 Å². The maximum atomic E-state index is 12.1. The molecule has 2 aliphatic rings. The standard InChI is InChI=1S/C18H26O5/c19-15(13-9-5-1-2-6-10-13)17(21)23-18(22)16(20)14-11-7-3-4-8-12-14/h13-14H,1-12H2.